The molecule has 0 atom stereocenters. The van der Waals surface area contributed by atoms with E-state index in [2.05, 4.69) is 31.7 Å². The van der Waals surface area contributed by atoms with Gasteiger partial charge in [0, 0.05) is 38.2 Å². The van der Waals surface area contributed by atoms with Crippen LogP contribution in [0.4, 0.5) is 4.79 Å². The van der Waals surface area contributed by atoms with Crippen LogP contribution in [0, 0.1) is 0 Å². The van der Waals surface area contributed by atoms with Crippen molar-refractivity contribution >= 4 is 28.9 Å². The number of nitrogens with zero attached hydrogens (tertiary/aromatic N) is 2. The zero-order chi connectivity index (χ0) is 33.4. The third-order valence-corrected chi connectivity index (χ3v) is 8.82. The predicted molar refractivity (Wildman–Crippen MR) is 192 cm³/mol. The molecule has 45 heavy (non-hydrogen) atoms. The first-order chi connectivity index (χ1) is 21.8. The largest absolute Gasteiger partial charge is 0.462 e. The summed E-state index contributed by atoms with van der Waals surface area (Å²) in [6.07, 6.45) is 25.6. The Morgan fingerprint density at radius 2 is 1.18 bits per heavy atom. The second kappa shape index (κ2) is 32.4. The van der Waals surface area contributed by atoms with E-state index in [4.69, 9.17) is 9.47 Å². The van der Waals surface area contributed by atoms with Gasteiger partial charge in [0.15, 0.2) is 0 Å². The molecule has 0 radical (unpaired) electrons. The minimum Gasteiger partial charge on any atom is -0.462 e. The van der Waals surface area contributed by atoms with Gasteiger partial charge in [0.1, 0.15) is 12.7 Å². The van der Waals surface area contributed by atoms with Crippen LogP contribution >= 0.6 is 11.8 Å². The topological polar surface area (TPSA) is 76.1 Å². The monoisotopic (exact) mass is 655 g/mol. The summed E-state index contributed by atoms with van der Waals surface area (Å²) < 4.78 is 11.3. The molecule has 0 aromatic heterocycles. The van der Waals surface area contributed by atoms with E-state index in [0.29, 0.717) is 44.7 Å². The van der Waals surface area contributed by atoms with Gasteiger partial charge >= 0.3 is 11.9 Å². The van der Waals surface area contributed by atoms with Gasteiger partial charge < -0.3 is 19.3 Å². The van der Waals surface area contributed by atoms with Crippen molar-refractivity contribution in [3.8, 4) is 0 Å². The summed E-state index contributed by atoms with van der Waals surface area (Å²) in [6.45, 7) is 8.73. The molecule has 8 heteroatoms. The van der Waals surface area contributed by atoms with Crippen molar-refractivity contribution in [3.63, 3.8) is 0 Å². The van der Waals surface area contributed by atoms with Crippen LogP contribution in [0.2, 0.25) is 0 Å². The van der Waals surface area contributed by atoms with Crippen LogP contribution in [0.15, 0.2) is 12.2 Å². The highest BCUT2D eigenvalue weighted by atomic mass is 32.2. The fourth-order valence-corrected chi connectivity index (χ4v) is 6.07. The van der Waals surface area contributed by atoms with Gasteiger partial charge in [-0.05, 0) is 65.5 Å². The molecular formula is C37H70N2O5S. The number of carbonyl (C=O) groups excluding carboxylic acids is 3. The summed E-state index contributed by atoms with van der Waals surface area (Å²) in [5, 5.41) is 0.00151. The Morgan fingerprint density at radius 1 is 0.644 bits per heavy atom. The summed E-state index contributed by atoms with van der Waals surface area (Å²) in [6, 6.07) is 0. The third kappa shape index (κ3) is 29.6. The number of rotatable bonds is 31. The number of amides is 1. The lowest BCUT2D eigenvalue weighted by atomic mass is 10.0. The van der Waals surface area contributed by atoms with Crippen LogP contribution in [-0.2, 0) is 19.1 Å². The molecule has 0 N–H and O–H groups in total. The van der Waals surface area contributed by atoms with E-state index in [-0.39, 0.29) is 29.7 Å². The average molecular weight is 655 g/mol. The van der Waals surface area contributed by atoms with Crippen molar-refractivity contribution in [1.82, 2.24) is 9.80 Å². The van der Waals surface area contributed by atoms with Gasteiger partial charge in [-0.25, -0.2) is 0 Å². The van der Waals surface area contributed by atoms with Gasteiger partial charge in [0.2, 0.25) is 0 Å². The average Bonchev–Trinajstić information content (AvgIpc) is 3.00. The van der Waals surface area contributed by atoms with E-state index in [1.807, 2.05) is 20.2 Å². The van der Waals surface area contributed by atoms with Gasteiger partial charge in [-0.3, -0.25) is 14.4 Å². The molecule has 0 saturated heterocycles. The Labute approximate surface area is 282 Å². The number of unbranched alkanes of at least 4 members (excludes halogenated alkanes) is 12. The molecule has 0 saturated carbocycles. The molecule has 0 rings (SSSR count). The Kier molecular flexibility index (Phi) is 31.3. The first-order valence-corrected chi connectivity index (χ1v) is 19.4. The van der Waals surface area contributed by atoms with Gasteiger partial charge in [-0.15, -0.1) is 0 Å². The van der Waals surface area contributed by atoms with E-state index in [0.717, 1.165) is 38.6 Å². The first-order valence-electron chi connectivity index (χ1n) is 18.4. The van der Waals surface area contributed by atoms with E-state index in [1.165, 1.54) is 88.8 Å². The lowest BCUT2D eigenvalue weighted by molar-refractivity contribution is -0.150. The van der Waals surface area contributed by atoms with Crippen molar-refractivity contribution in [2.45, 2.75) is 162 Å². The van der Waals surface area contributed by atoms with Crippen LogP contribution in [0.5, 0.6) is 0 Å². The summed E-state index contributed by atoms with van der Waals surface area (Å²) in [5.74, 6) is 0.309. The number of carbonyl (C=O) groups is 3. The maximum Gasteiger partial charge on any atom is 0.306 e. The predicted octanol–water partition coefficient (Wildman–Crippen LogP) is 9.97. The molecule has 0 spiro atoms. The van der Waals surface area contributed by atoms with Crippen LogP contribution < -0.4 is 0 Å². The van der Waals surface area contributed by atoms with Crippen LogP contribution in [0.1, 0.15) is 156 Å². The summed E-state index contributed by atoms with van der Waals surface area (Å²) in [4.78, 5) is 41.9. The molecule has 264 valence electrons. The lowest BCUT2D eigenvalue weighted by Gasteiger charge is -2.23. The zero-order valence-electron chi connectivity index (χ0n) is 30.0. The number of allylic oxidation sites excluding steroid dienone is 1. The number of esters is 2. The van der Waals surface area contributed by atoms with Gasteiger partial charge in [-0.2, -0.15) is 0 Å². The first kappa shape index (κ1) is 43.5. The van der Waals surface area contributed by atoms with Crippen molar-refractivity contribution < 1.29 is 23.9 Å². The van der Waals surface area contributed by atoms with E-state index in [9.17, 15) is 14.4 Å². The fourth-order valence-electron chi connectivity index (χ4n) is 5.08. The summed E-state index contributed by atoms with van der Waals surface area (Å²) >= 11 is 1.30. The van der Waals surface area contributed by atoms with E-state index >= 15 is 0 Å². The number of hydrogen-bond acceptors (Lipinski definition) is 7. The van der Waals surface area contributed by atoms with Gasteiger partial charge in [0.25, 0.3) is 5.24 Å². The Balaban J connectivity index is 4.72. The number of ether oxygens (including phenoxy) is 2. The third-order valence-electron chi connectivity index (χ3n) is 7.93. The van der Waals surface area contributed by atoms with Crippen LogP contribution in [-0.4, -0.2) is 79.2 Å². The normalized spacial score (nSPS) is 11.5. The Morgan fingerprint density at radius 3 is 1.73 bits per heavy atom. The minimum atomic E-state index is -0.239. The molecule has 0 aliphatic rings. The molecule has 0 aromatic carbocycles. The Bertz CT molecular complexity index is 732. The molecule has 0 heterocycles. The molecule has 7 nitrogen and oxygen atoms in total. The molecule has 0 unspecified atom stereocenters. The smallest absolute Gasteiger partial charge is 0.306 e. The molecular weight excluding hydrogens is 584 g/mol. The molecule has 0 aliphatic heterocycles. The highest BCUT2D eigenvalue weighted by Crippen LogP contribution is 2.18. The van der Waals surface area contributed by atoms with Crippen molar-refractivity contribution in [3.05, 3.63) is 12.2 Å². The van der Waals surface area contributed by atoms with Crippen molar-refractivity contribution in [1.29, 1.82) is 0 Å². The molecule has 0 aliphatic carbocycles. The highest BCUT2D eigenvalue weighted by molar-refractivity contribution is 8.13. The molecule has 0 bridgehead atoms. The Hall–Kier alpha value is -1.54. The molecule has 0 aromatic rings. The van der Waals surface area contributed by atoms with Crippen molar-refractivity contribution in [2.24, 2.45) is 0 Å². The molecule has 0 fully saturated rings. The standard InChI is InChI=1S/C37H70N2O5S/c1-6-9-12-15-16-19-22-32-43-35(40)27-23-29-39(37(42)45-33-31-38(4)5)30-24-28-36(41)44-34(25-20-17-13-10-7-2)26-21-18-14-11-8-3/h19,22,34H,6-18,20-21,23-33H2,1-5H3/b22-19-. The quantitative estimate of drug-likeness (QED) is 0.0418. The van der Waals surface area contributed by atoms with Gasteiger partial charge in [0.05, 0.1) is 0 Å². The van der Waals surface area contributed by atoms with E-state index < -0.39 is 0 Å². The fraction of sp³-hybridized carbons (Fsp3) is 0.865. The van der Waals surface area contributed by atoms with E-state index in [1.54, 1.807) is 4.90 Å². The molecule has 1 amide bonds. The number of thioether (sulfide) groups is 1. The lowest BCUT2D eigenvalue weighted by Crippen LogP contribution is -2.31. The number of hydrogen-bond donors (Lipinski definition) is 0. The zero-order valence-corrected chi connectivity index (χ0v) is 30.8. The second-order valence-corrected chi connectivity index (χ2v) is 13.7. The maximum atomic E-state index is 13.0. The second-order valence-electron chi connectivity index (χ2n) is 12.6. The SMILES string of the molecule is CCCCCC/C=C\COC(=O)CCCN(CCCC(=O)OC(CCCCCCC)CCCCCCC)C(=O)SCCN(C)C. The van der Waals surface area contributed by atoms with Crippen LogP contribution in [0.3, 0.4) is 0 Å². The van der Waals surface area contributed by atoms with Gasteiger partial charge in [-0.1, -0.05) is 115 Å². The minimum absolute atomic E-state index is 0.00151. The summed E-state index contributed by atoms with van der Waals surface area (Å²) in [7, 11) is 3.98. The van der Waals surface area contributed by atoms with Crippen molar-refractivity contribution in [2.75, 3.05) is 46.1 Å². The summed E-state index contributed by atoms with van der Waals surface area (Å²) in [5.41, 5.74) is 0. The highest BCUT2D eigenvalue weighted by Gasteiger charge is 2.18. The maximum absolute atomic E-state index is 13.0. The van der Waals surface area contributed by atoms with Crippen LogP contribution in [0.25, 0.3) is 0 Å².